The maximum Gasteiger partial charge on any atom is 0.292 e. The summed E-state index contributed by atoms with van der Waals surface area (Å²) < 4.78 is 5.42. The predicted octanol–water partition coefficient (Wildman–Crippen LogP) is 5.51. The fraction of sp³-hybridized carbons (Fsp3) is 0. The van der Waals surface area contributed by atoms with Crippen molar-refractivity contribution in [1.29, 1.82) is 0 Å². The van der Waals surface area contributed by atoms with Crippen LogP contribution in [-0.4, -0.2) is 11.8 Å². The van der Waals surface area contributed by atoms with Gasteiger partial charge in [-0.1, -0.05) is 42.5 Å². The molecule has 0 atom stereocenters. The second kappa shape index (κ2) is 7.94. The second-order valence-electron chi connectivity index (χ2n) is 6.00. The van der Waals surface area contributed by atoms with Crippen LogP contribution in [0.1, 0.15) is 20.2 Å². The van der Waals surface area contributed by atoms with Crippen LogP contribution in [0.3, 0.4) is 0 Å². The van der Waals surface area contributed by atoms with E-state index in [1.807, 2.05) is 41.8 Å². The van der Waals surface area contributed by atoms with Gasteiger partial charge in [0.1, 0.15) is 0 Å². The molecule has 0 bridgehead atoms. The highest BCUT2D eigenvalue weighted by atomic mass is 32.1. The molecular formula is C22H16N2O3S. The van der Waals surface area contributed by atoms with E-state index in [9.17, 15) is 9.59 Å². The van der Waals surface area contributed by atoms with Gasteiger partial charge >= 0.3 is 0 Å². The molecule has 0 saturated carbocycles. The molecule has 2 heterocycles. The lowest BCUT2D eigenvalue weighted by Gasteiger charge is -2.08. The summed E-state index contributed by atoms with van der Waals surface area (Å²) in [7, 11) is 0. The van der Waals surface area contributed by atoms with Gasteiger partial charge in [-0.05, 0) is 41.3 Å². The molecule has 0 spiro atoms. The number of hydrogen-bond acceptors (Lipinski definition) is 4. The van der Waals surface area contributed by atoms with Crippen molar-refractivity contribution in [2.45, 2.75) is 0 Å². The Hall–Kier alpha value is -3.64. The summed E-state index contributed by atoms with van der Waals surface area (Å²) in [6, 6.07) is 21.9. The minimum Gasteiger partial charge on any atom is -0.459 e. The molecule has 4 aromatic rings. The molecule has 0 saturated heterocycles. The Morgan fingerprint density at radius 1 is 0.786 bits per heavy atom. The fourth-order valence-corrected chi connectivity index (χ4v) is 3.41. The van der Waals surface area contributed by atoms with Crippen LogP contribution in [0, 0.1) is 0 Å². The Bertz CT molecular complexity index is 1100. The van der Waals surface area contributed by atoms with Gasteiger partial charge in [-0.2, -0.15) is 0 Å². The van der Waals surface area contributed by atoms with Gasteiger partial charge in [0.2, 0.25) is 0 Å². The van der Waals surface area contributed by atoms with Gasteiger partial charge < -0.3 is 15.1 Å². The van der Waals surface area contributed by atoms with Gasteiger partial charge in [0, 0.05) is 16.9 Å². The molecule has 2 aromatic carbocycles. The summed E-state index contributed by atoms with van der Waals surface area (Å²) in [5.74, 6) is -0.305. The highest BCUT2D eigenvalue weighted by Gasteiger charge is 2.17. The summed E-state index contributed by atoms with van der Waals surface area (Å²) in [4.78, 5) is 25.5. The van der Waals surface area contributed by atoms with Crippen molar-refractivity contribution < 1.29 is 14.0 Å². The third kappa shape index (κ3) is 3.87. The van der Waals surface area contributed by atoms with Gasteiger partial charge in [0.15, 0.2) is 5.76 Å². The van der Waals surface area contributed by atoms with Crippen LogP contribution in [0.4, 0.5) is 11.4 Å². The van der Waals surface area contributed by atoms with Gasteiger partial charge in [-0.15, -0.1) is 11.3 Å². The number of benzene rings is 2. The molecule has 0 unspecified atom stereocenters. The molecule has 0 fully saturated rings. The quantitative estimate of drug-likeness (QED) is 0.473. The van der Waals surface area contributed by atoms with Crippen molar-refractivity contribution in [2.24, 2.45) is 0 Å². The van der Waals surface area contributed by atoms with Gasteiger partial charge in [-0.3, -0.25) is 9.59 Å². The standard InChI is InChI=1S/C22H16N2O3S/c25-21(19-10-5-13-28-19)23-16-8-4-9-17(14-16)24-22(26)20-18(11-12-27-20)15-6-2-1-3-7-15/h1-14H,(H,23,25)(H,24,26). The number of carbonyl (C=O) groups excluding carboxylic acids is 2. The van der Waals surface area contributed by atoms with Crippen LogP contribution in [-0.2, 0) is 0 Å². The molecule has 2 N–H and O–H groups in total. The third-order valence-electron chi connectivity index (χ3n) is 4.08. The summed E-state index contributed by atoms with van der Waals surface area (Å²) >= 11 is 1.37. The van der Waals surface area contributed by atoms with E-state index in [0.717, 1.165) is 11.1 Å². The number of anilines is 2. The highest BCUT2D eigenvalue weighted by molar-refractivity contribution is 7.12. The zero-order chi connectivity index (χ0) is 19.3. The fourth-order valence-electron chi connectivity index (χ4n) is 2.79. The smallest absolute Gasteiger partial charge is 0.292 e. The van der Waals surface area contributed by atoms with Crippen molar-refractivity contribution in [2.75, 3.05) is 10.6 Å². The van der Waals surface area contributed by atoms with Crippen molar-refractivity contribution in [3.8, 4) is 11.1 Å². The van der Waals surface area contributed by atoms with Gasteiger partial charge in [-0.25, -0.2) is 0 Å². The molecule has 4 rings (SSSR count). The number of amides is 2. The predicted molar refractivity (Wildman–Crippen MR) is 111 cm³/mol. The van der Waals surface area contributed by atoms with E-state index in [4.69, 9.17) is 4.42 Å². The minimum absolute atomic E-state index is 0.184. The number of thiophene rings is 1. The van der Waals surface area contributed by atoms with Crippen LogP contribution in [0.25, 0.3) is 11.1 Å². The van der Waals surface area contributed by atoms with Crippen LogP contribution < -0.4 is 10.6 Å². The molecule has 0 aliphatic heterocycles. The number of rotatable bonds is 5. The molecule has 2 aromatic heterocycles. The van der Waals surface area contributed by atoms with Crippen LogP contribution in [0.5, 0.6) is 0 Å². The number of furan rings is 1. The average Bonchev–Trinajstić information content (AvgIpc) is 3.41. The minimum atomic E-state index is -0.356. The van der Waals surface area contributed by atoms with Crippen molar-refractivity contribution in [1.82, 2.24) is 0 Å². The maximum absolute atomic E-state index is 12.7. The lowest BCUT2D eigenvalue weighted by atomic mass is 10.1. The number of hydrogen-bond donors (Lipinski definition) is 2. The largest absolute Gasteiger partial charge is 0.459 e. The van der Waals surface area contributed by atoms with Gasteiger partial charge in [0.25, 0.3) is 11.8 Å². The first kappa shape index (κ1) is 17.8. The maximum atomic E-state index is 12.7. The first-order valence-electron chi connectivity index (χ1n) is 8.60. The lowest BCUT2D eigenvalue weighted by Crippen LogP contribution is -2.13. The monoisotopic (exact) mass is 388 g/mol. The SMILES string of the molecule is O=C(Nc1cccc(NC(=O)c2occc2-c2ccccc2)c1)c1cccs1. The summed E-state index contributed by atoms with van der Waals surface area (Å²) in [6.07, 6.45) is 1.49. The van der Waals surface area contributed by atoms with Gasteiger partial charge in [0.05, 0.1) is 11.1 Å². The summed E-state index contributed by atoms with van der Waals surface area (Å²) in [6.45, 7) is 0. The zero-order valence-electron chi connectivity index (χ0n) is 14.7. The van der Waals surface area contributed by atoms with Crippen LogP contribution in [0.15, 0.2) is 88.9 Å². The molecule has 0 aliphatic rings. The first-order valence-corrected chi connectivity index (χ1v) is 9.48. The molecule has 28 heavy (non-hydrogen) atoms. The van der Waals surface area contributed by atoms with Crippen LogP contribution >= 0.6 is 11.3 Å². The zero-order valence-corrected chi connectivity index (χ0v) is 15.5. The highest BCUT2D eigenvalue weighted by Crippen LogP contribution is 2.26. The van der Waals surface area contributed by atoms with Crippen molar-refractivity contribution >= 4 is 34.5 Å². The van der Waals surface area contributed by atoms with Crippen molar-refractivity contribution in [3.63, 3.8) is 0 Å². The molecule has 6 heteroatoms. The molecule has 0 aliphatic carbocycles. The second-order valence-corrected chi connectivity index (χ2v) is 6.94. The van der Waals surface area contributed by atoms with E-state index in [2.05, 4.69) is 10.6 Å². The first-order chi connectivity index (χ1) is 13.7. The normalized spacial score (nSPS) is 10.4. The molecule has 0 radical (unpaired) electrons. The Morgan fingerprint density at radius 2 is 1.54 bits per heavy atom. The molecule has 5 nitrogen and oxygen atoms in total. The summed E-state index contributed by atoms with van der Waals surface area (Å²) in [5.41, 5.74) is 2.78. The van der Waals surface area contributed by atoms with E-state index in [0.29, 0.717) is 16.3 Å². The Labute approximate surface area is 165 Å². The van der Waals surface area contributed by atoms with E-state index >= 15 is 0 Å². The van der Waals surface area contributed by atoms with E-state index < -0.39 is 0 Å². The lowest BCUT2D eigenvalue weighted by molar-refractivity contribution is 0.0996. The number of nitrogens with one attached hydrogen (secondary N) is 2. The molecule has 2 amide bonds. The molecular weight excluding hydrogens is 372 g/mol. The van der Waals surface area contributed by atoms with E-state index in [-0.39, 0.29) is 17.6 Å². The van der Waals surface area contributed by atoms with E-state index in [1.165, 1.54) is 17.6 Å². The van der Waals surface area contributed by atoms with E-state index in [1.54, 1.807) is 36.4 Å². The molecule has 138 valence electrons. The van der Waals surface area contributed by atoms with Crippen LogP contribution in [0.2, 0.25) is 0 Å². The Balaban J connectivity index is 1.50. The summed E-state index contributed by atoms with van der Waals surface area (Å²) in [5, 5.41) is 7.49. The third-order valence-corrected chi connectivity index (χ3v) is 4.95. The Kier molecular flexibility index (Phi) is 5.03. The average molecular weight is 388 g/mol. The number of carbonyl (C=O) groups is 2. The Morgan fingerprint density at radius 3 is 2.25 bits per heavy atom. The van der Waals surface area contributed by atoms with Crippen molar-refractivity contribution in [3.05, 3.63) is 95.1 Å². The topological polar surface area (TPSA) is 71.3 Å².